The summed E-state index contributed by atoms with van der Waals surface area (Å²) in [6.07, 6.45) is 3.12. The number of carbonyl (C=O) groups excluding carboxylic acids is 1. The number of aliphatic hydroxyl groups is 1. The molecule has 0 saturated carbocycles. The first-order chi connectivity index (χ1) is 14.2. The Morgan fingerprint density at radius 1 is 0.967 bits per heavy atom. The van der Waals surface area contributed by atoms with Gasteiger partial charge in [-0.1, -0.05) is 48.5 Å². The monoisotopic (exact) mass is 425 g/mol. The fourth-order valence-corrected chi connectivity index (χ4v) is 3.07. The lowest BCUT2D eigenvalue weighted by molar-refractivity contribution is -0.116. The Hall–Kier alpha value is -2.73. The number of pyridine rings is 1. The number of hydrogen-bond donors (Lipinski definition) is 3. The Bertz CT molecular complexity index is 891. The van der Waals surface area contributed by atoms with Crippen molar-refractivity contribution in [3.8, 4) is 0 Å². The molecule has 0 spiro atoms. The van der Waals surface area contributed by atoms with E-state index in [9.17, 15) is 9.90 Å². The van der Waals surface area contributed by atoms with E-state index in [-0.39, 0.29) is 18.3 Å². The van der Waals surface area contributed by atoms with Crippen molar-refractivity contribution in [1.82, 2.24) is 10.3 Å². The average molecular weight is 426 g/mol. The van der Waals surface area contributed by atoms with Gasteiger partial charge in [0.1, 0.15) is 0 Å². The molecule has 0 aliphatic carbocycles. The second-order valence-electron chi connectivity index (χ2n) is 6.95. The van der Waals surface area contributed by atoms with E-state index in [0.717, 1.165) is 29.9 Å². The zero-order valence-corrected chi connectivity index (χ0v) is 17.6. The molecule has 0 aliphatic rings. The number of para-hydroxylation sites is 1. The van der Waals surface area contributed by atoms with Crippen molar-refractivity contribution in [2.45, 2.75) is 25.4 Å². The van der Waals surface area contributed by atoms with E-state index < -0.39 is 6.10 Å². The minimum atomic E-state index is -0.507. The molecule has 1 heterocycles. The number of aliphatic hydroxyl groups excluding tert-OH is 1. The molecule has 30 heavy (non-hydrogen) atoms. The van der Waals surface area contributed by atoms with Gasteiger partial charge >= 0.3 is 0 Å². The molecule has 0 unspecified atom stereocenters. The Kier molecular flexibility index (Phi) is 10.0. The van der Waals surface area contributed by atoms with Crippen LogP contribution in [0.2, 0.25) is 0 Å². The molecule has 1 atom stereocenters. The van der Waals surface area contributed by atoms with Gasteiger partial charge in [0.15, 0.2) is 0 Å². The topological polar surface area (TPSA) is 74.2 Å². The smallest absolute Gasteiger partial charge is 0.224 e. The summed E-state index contributed by atoms with van der Waals surface area (Å²) in [6.45, 7) is 1.28. The first kappa shape index (κ1) is 23.5. The molecule has 3 rings (SSSR count). The molecule has 0 aliphatic heterocycles. The lowest BCUT2D eigenvalue weighted by atomic mass is 10.1. The number of amides is 1. The van der Waals surface area contributed by atoms with Crippen molar-refractivity contribution < 1.29 is 9.90 Å². The summed E-state index contributed by atoms with van der Waals surface area (Å²) in [5.74, 6) is -0.0139. The van der Waals surface area contributed by atoms with Crippen LogP contribution in [0.15, 0.2) is 79.0 Å². The molecule has 3 N–H and O–H groups in total. The number of carbonyl (C=O) groups is 1. The molecule has 1 aromatic heterocycles. The minimum absolute atomic E-state index is 0. The summed E-state index contributed by atoms with van der Waals surface area (Å²) in [5, 5.41) is 16.4. The third kappa shape index (κ3) is 7.95. The minimum Gasteiger partial charge on any atom is -0.387 e. The van der Waals surface area contributed by atoms with Gasteiger partial charge in [-0.3, -0.25) is 9.78 Å². The van der Waals surface area contributed by atoms with Gasteiger partial charge in [-0.2, -0.15) is 0 Å². The maximum absolute atomic E-state index is 12.1. The lowest BCUT2D eigenvalue weighted by Gasteiger charge is -2.12. The summed E-state index contributed by atoms with van der Waals surface area (Å²) in [7, 11) is 0. The van der Waals surface area contributed by atoms with Crippen molar-refractivity contribution >= 4 is 24.0 Å². The molecule has 0 fully saturated rings. The molecule has 2 aromatic carbocycles. The first-order valence-electron chi connectivity index (χ1n) is 9.93. The van der Waals surface area contributed by atoms with Gasteiger partial charge in [0.05, 0.1) is 6.10 Å². The van der Waals surface area contributed by atoms with Gasteiger partial charge in [0.25, 0.3) is 0 Å². The SMILES string of the molecule is Cl.O=C(CCc1cc(CCNC[C@H](O)c2ccccc2)ccn1)Nc1ccccc1. The predicted molar refractivity (Wildman–Crippen MR) is 123 cm³/mol. The van der Waals surface area contributed by atoms with Crippen LogP contribution >= 0.6 is 12.4 Å². The second-order valence-corrected chi connectivity index (χ2v) is 6.95. The molecule has 0 saturated heterocycles. The molecule has 3 aromatic rings. The Balaban J connectivity index is 0.00000320. The number of rotatable bonds is 10. The van der Waals surface area contributed by atoms with Crippen LogP contribution in [0.25, 0.3) is 0 Å². The zero-order chi connectivity index (χ0) is 20.3. The fraction of sp³-hybridized carbons (Fsp3) is 0.250. The number of aromatic nitrogens is 1. The van der Waals surface area contributed by atoms with Crippen LogP contribution in [0.3, 0.4) is 0 Å². The van der Waals surface area contributed by atoms with Gasteiger partial charge in [-0.05, 0) is 54.8 Å². The summed E-state index contributed by atoms with van der Waals surface area (Å²) in [6, 6.07) is 23.1. The van der Waals surface area contributed by atoms with Crippen LogP contribution in [0, 0.1) is 0 Å². The van der Waals surface area contributed by atoms with Crippen molar-refractivity contribution in [1.29, 1.82) is 0 Å². The van der Waals surface area contributed by atoms with Crippen molar-refractivity contribution in [3.05, 3.63) is 95.8 Å². The normalized spacial score (nSPS) is 11.4. The summed E-state index contributed by atoms with van der Waals surface area (Å²) in [5.41, 5.74) is 3.80. The van der Waals surface area contributed by atoms with Gasteiger partial charge in [0, 0.05) is 30.5 Å². The third-order valence-corrected chi connectivity index (χ3v) is 4.66. The summed E-state index contributed by atoms with van der Waals surface area (Å²) < 4.78 is 0. The van der Waals surface area contributed by atoms with Crippen LogP contribution in [0.1, 0.15) is 29.3 Å². The van der Waals surface area contributed by atoms with Crippen molar-refractivity contribution in [2.75, 3.05) is 18.4 Å². The number of hydrogen-bond acceptors (Lipinski definition) is 4. The van der Waals surface area contributed by atoms with Crippen LogP contribution in [0.4, 0.5) is 5.69 Å². The number of halogens is 1. The summed E-state index contributed by atoms with van der Waals surface area (Å²) >= 11 is 0. The third-order valence-electron chi connectivity index (χ3n) is 4.66. The van der Waals surface area contributed by atoms with E-state index in [1.165, 1.54) is 5.56 Å². The quantitative estimate of drug-likeness (QED) is 0.430. The van der Waals surface area contributed by atoms with Crippen LogP contribution in [0.5, 0.6) is 0 Å². The molecule has 158 valence electrons. The molecule has 5 nitrogen and oxygen atoms in total. The number of benzene rings is 2. The van der Waals surface area contributed by atoms with E-state index >= 15 is 0 Å². The van der Waals surface area contributed by atoms with E-state index in [0.29, 0.717) is 19.4 Å². The molecule has 0 bridgehead atoms. The maximum atomic E-state index is 12.1. The Morgan fingerprint density at radius 2 is 1.67 bits per heavy atom. The molecule has 0 radical (unpaired) electrons. The van der Waals surface area contributed by atoms with Gasteiger partial charge < -0.3 is 15.7 Å². The van der Waals surface area contributed by atoms with Crippen molar-refractivity contribution in [2.24, 2.45) is 0 Å². The summed E-state index contributed by atoms with van der Waals surface area (Å²) in [4.78, 5) is 16.5. The van der Waals surface area contributed by atoms with Crippen LogP contribution in [-0.4, -0.2) is 29.1 Å². The highest BCUT2D eigenvalue weighted by atomic mass is 35.5. The molecule has 6 heteroatoms. The Labute approximate surface area is 184 Å². The van der Waals surface area contributed by atoms with E-state index in [1.54, 1.807) is 6.20 Å². The van der Waals surface area contributed by atoms with E-state index in [1.807, 2.05) is 72.8 Å². The highest BCUT2D eigenvalue weighted by Crippen LogP contribution is 2.11. The van der Waals surface area contributed by atoms with Crippen LogP contribution < -0.4 is 10.6 Å². The Morgan fingerprint density at radius 3 is 2.40 bits per heavy atom. The standard InChI is InChI=1S/C24H27N3O2.ClH/c28-23(20-7-3-1-4-8-20)18-25-15-13-19-14-16-26-22(17-19)11-12-24(29)27-21-9-5-2-6-10-21;/h1-10,14,16-17,23,25,28H,11-13,15,18H2,(H,27,29);1H/t23-;/m0./s1. The first-order valence-corrected chi connectivity index (χ1v) is 9.93. The molecular formula is C24H28ClN3O2. The number of nitrogens with one attached hydrogen (secondary N) is 2. The fourth-order valence-electron chi connectivity index (χ4n) is 3.07. The lowest BCUT2D eigenvalue weighted by Crippen LogP contribution is -2.23. The largest absolute Gasteiger partial charge is 0.387 e. The number of nitrogens with zero attached hydrogens (tertiary/aromatic N) is 1. The number of anilines is 1. The van der Waals surface area contributed by atoms with Gasteiger partial charge in [0.2, 0.25) is 5.91 Å². The highest BCUT2D eigenvalue weighted by Gasteiger charge is 2.07. The number of aryl methyl sites for hydroxylation is 1. The molecular weight excluding hydrogens is 398 g/mol. The van der Waals surface area contributed by atoms with E-state index in [4.69, 9.17) is 0 Å². The van der Waals surface area contributed by atoms with E-state index in [2.05, 4.69) is 15.6 Å². The average Bonchev–Trinajstić information content (AvgIpc) is 2.77. The van der Waals surface area contributed by atoms with Gasteiger partial charge in [-0.15, -0.1) is 12.4 Å². The zero-order valence-electron chi connectivity index (χ0n) is 16.8. The second kappa shape index (κ2) is 12.8. The molecule has 1 amide bonds. The van der Waals surface area contributed by atoms with Gasteiger partial charge in [-0.25, -0.2) is 0 Å². The van der Waals surface area contributed by atoms with Crippen LogP contribution in [-0.2, 0) is 17.6 Å². The van der Waals surface area contributed by atoms with Crippen molar-refractivity contribution in [3.63, 3.8) is 0 Å². The maximum Gasteiger partial charge on any atom is 0.224 e. The highest BCUT2D eigenvalue weighted by molar-refractivity contribution is 5.90. The predicted octanol–water partition coefficient (Wildman–Crippen LogP) is 3.94.